The van der Waals surface area contributed by atoms with Crippen LogP contribution in [-0.4, -0.2) is 14.8 Å². The zero-order valence-electron chi connectivity index (χ0n) is 7.69. The Morgan fingerprint density at radius 1 is 1.46 bits per heavy atom. The predicted molar refractivity (Wildman–Crippen MR) is 48.1 cm³/mol. The molecule has 0 aromatic carbocycles. The van der Waals surface area contributed by atoms with Gasteiger partial charge in [-0.3, -0.25) is 0 Å². The van der Waals surface area contributed by atoms with Crippen LogP contribution in [0.1, 0.15) is 12.8 Å². The van der Waals surface area contributed by atoms with Gasteiger partial charge >= 0.3 is 0 Å². The van der Waals surface area contributed by atoms with Gasteiger partial charge in [0.25, 0.3) is 0 Å². The maximum absolute atomic E-state index is 5.40. The van der Waals surface area contributed by atoms with Crippen molar-refractivity contribution >= 4 is 0 Å². The third-order valence-electron chi connectivity index (χ3n) is 1.85. The second-order valence-electron chi connectivity index (χ2n) is 2.92. The first-order chi connectivity index (χ1) is 6.29. The van der Waals surface area contributed by atoms with Crippen molar-refractivity contribution in [3.05, 3.63) is 24.4 Å². The van der Waals surface area contributed by atoms with Crippen LogP contribution in [0.5, 0.6) is 0 Å². The smallest absolute Gasteiger partial charge is 0.249 e. The maximum Gasteiger partial charge on any atom is 0.249 e. The molecular formula is C9H11N3O. The SMILES string of the molecule is CCc1nnc(-c2ccn(C)c2)o1. The molecule has 0 radical (unpaired) electrons. The summed E-state index contributed by atoms with van der Waals surface area (Å²) < 4.78 is 7.35. The van der Waals surface area contributed by atoms with E-state index >= 15 is 0 Å². The minimum Gasteiger partial charge on any atom is -0.421 e. The lowest BCUT2D eigenvalue weighted by atomic mass is 10.3. The summed E-state index contributed by atoms with van der Waals surface area (Å²) in [6.07, 6.45) is 4.68. The average Bonchev–Trinajstić information content (AvgIpc) is 2.71. The monoisotopic (exact) mass is 177 g/mol. The normalized spacial score (nSPS) is 10.6. The molecule has 2 rings (SSSR count). The van der Waals surface area contributed by atoms with Crippen LogP contribution in [0.3, 0.4) is 0 Å². The molecule has 0 amide bonds. The van der Waals surface area contributed by atoms with E-state index in [9.17, 15) is 0 Å². The largest absolute Gasteiger partial charge is 0.421 e. The molecular weight excluding hydrogens is 166 g/mol. The van der Waals surface area contributed by atoms with Gasteiger partial charge in [0.2, 0.25) is 11.8 Å². The number of rotatable bonds is 2. The van der Waals surface area contributed by atoms with Crippen molar-refractivity contribution in [1.29, 1.82) is 0 Å². The first kappa shape index (κ1) is 8.04. The Bertz CT molecular complexity index is 402. The van der Waals surface area contributed by atoms with Gasteiger partial charge in [0, 0.05) is 25.9 Å². The van der Waals surface area contributed by atoms with Gasteiger partial charge in [-0.1, -0.05) is 6.92 Å². The van der Waals surface area contributed by atoms with Crippen molar-refractivity contribution < 1.29 is 4.42 Å². The summed E-state index contributed by atoms with van der Waals surface area (Å²) in [5, 5.41) is 7.83. The first-order valence-electron chi connectivity index (χ1n) is 4.24. The van der Waals surface area contributed by atoms with Crippen molar-refractivity contribution in [3.63, 3.8) is 0 Å². The summed E-state index contributed by atoms with van der Waals surface area (Å²) in [6.45, 7) is 1.99. The molecule has 68 valence electrons. The Hall–Kier alpha value is -1.58. The summed E-state index contributed by atoms with van der Waals surface area (Å²) in [6, 6.07) is 1.95. The molecule has 0 N–H and O–H groups in total. The van der Waals surface area contributed by atoms with E-state index in [1.165, 1.54) is 0 Å². The standard InChI is InChI=1S/C9H11N3O/c1-3-8-10-11-9(13-8)7-4-5-12(2)6-7/h4-6H,3H2,1-2H3. The Morgan fingerprint density at radius 3 is 2.85 bits per heavy atom. The van der Waals surface area contributed by atoms with Crippen LogP contribution in [0, 0.1) is 0 Å². The lowest BCUT2D eigenvalue weighted by Crippen LogP contribution is -1.78. The van der Waals surface area contributed by atoms with Gasteiger partial charge in [0.05, 0.1) is 5.56 Å². The minimum absolute atomic E-state index is 0.595. The molecule has 0 saturated heterocycles. The van der Waals surface area contributed by atoms with Crippen LogP contribution in [0.15, 0.2) is 22.9 Å². The third kappa shape index (κ3) is 1.47. The molecule has 0 bridgehead atoms. The highest BCUT2D eigenvalue weighted by molar-refractivity contribution is 5.50. The van der Waals surface area contributed by atoms with Crippen LogP contribution >= 0.6 is 0 Å². The van der Waals surface area contributed by atoms with E-state index in [1.807, 2.05) is 37.0 Å². The zero-order valence-corrected chi connectivity index (χ0v) is 7.69. The summed E-state index contributed by atoms with van der Waals surface area (Å²) in [5.74, 6) is 1.27. The minimum atomic E-state index is 0.595. The summed E-state index contributed by atoms with van der Waals surface area (Å²) >= 11 is 0. The average molecular weight is 177 g/mol. The van der Waals surface area contributed by atoms with Gasteiger partial charge in [-0.05, 0) is 6.07 Å². The van der Waals surface area contributed by atoms with Gasteiger partial charge in [-0.2, -0.15) is 0 Å². The number of aromatic nitrogens is 3. The lowest BCUT2D eigenvalue weighted by Gasteiger charge is -1.86. The van der Waals surface area contributed by atoms with Gasteiger partial charge in [-0.15, -0.1) is 10.2 Å². The first-order valence-corrected chi connectivity index (χ1v) is 4.24. The third-order valence-corrected chi connectivity index (χ3v) is 1.85. The van der Waals surface area contributed by atoms with Crippen LogP contribution in [0.2, 0.25) is 0 Å². The second-order valence-corrected chi connectivity index (χ2v) is 2.92. The molecule has 2 aromatic rings. The molecule has 0 fully saturated rings. The van der Waals surface area contributed by atoms with Gasteiger partial charge in [-0.25, -0.2) is 0 Å². The molecule has 2 heterocycles. The summed E-state index contributed by atoms with van der Waals surface area (Å²) in [5.41, 5.74) is 0.967. The fraction of sp³-hybridized carbons (Fsp3) is 0.333. The fourth-order valence-electron chi connectivity index (χ4n) is 1.14. The molecule has 4 heteroatoms. The molecule has 0 unspecified atom stereocenters. The molecule has 0 atom stereocenters. The van der Waals surface area contributed by atoms with Crippen molar-refractivity contribution in [2.45, 2.75) is 13.3 Å². The molecule has 0 saturated carbocycles. The van der Waals surface area contributed by atoms with Crippen molar-refractivity contribution in [3.8, 4) is 11.5 Å². The van der Waals surface area contributed by atoms with E-state index in [-0.39, 0.29) is 0 Å². The van der Waals surface area contributed by atoms with E-state index in [4.69, 9.17) is 4.42 Å². The molecule has 4 nitrogen and oxygen atoms in total. The zero-order chi connectivity index (χ0) is 9.26. The summed E-state index contributed by atoms with van der Waals surface area (Å²) in [4.78, 5) is 0. The van der Waals surface area contributed by atoms with Crippen molar-refractivity contribution in [2.75, 3.05) is 0 Å². The van der Waals surface area contributed by atoms with Gasteiger partial charge in [0.1, 0.15) is 0 Å². The van der Waals surface area contributed by atoms with E-state index in [1.54, 1.807) is 0 Å². The van der Waals surface area contributed by atoms with E-state index in [0.717, 1.165) is 12.0 Å². The number of nitrogens with zero attached hydrogens (tertiary/aromatic N) is 3. The maximum atomic E-state index is 5.40. The van der Waals surface area contributed by atoms with E-state index in [2.05, 4.69) is 10.2 Å². The predicted octanol–water partition coefficient (Wildman–Crippen LogP) is 1.64. The highest BCUT2D eigenvalue weighted by atomic mass is 16.4. The molecule has 0 aliphatic heterocycles. The van der Waals surface area contributed by atoms with E-state index in [0.29, 0.717) is 11.8 Å². The van der Waals surface area contributed by atoms with Crippen LogP contribution in [0.4, 0.5) is 0 Å². The second kappa shape index (κ2) is 3.05. The summed E-state index contributed by atoms with van der Waals surface area (Å²) in [7, 11) is 1.96. The Kier molecular flexibility index (Phi) is 1.88. The molecule has 13 heavy (non-hydrogen) atoms. The number of aryl methyl sites for hydroxylation is 2. The Morgan fingerprint density at radius 2 is 2.31 bits per heavy atom. The van der Waals surface area contributed by atoms with Gasteiger partial charge < -0.3 is 8.98 Å². The Labute approximate surface area is 76.2 Å². The lowest BCUT2D eigenvalue weighted by molar-refractivity contribution is 0.513. The van der Waals surface area contributed by atoms with Crippen LogP contribution in [0.25, 0.3) is 11.5 Å². The highest BCUT2D eigenvalue weighted by Gasteiger charge is 2.07. The quantitative estimate of drug-likeness (QED) is 0.700. The van der Waals surface area contributed by atoms with E-state index < -0.39 is 0 Å². The number of hydrogen-bond acceptors (Lipinski definition) is 3. The Balaban J connectivity index is 2.35. The molecule has 0 aliphatic carbocycles. The van der Waals surface area contributed by atoms with Crippen LogP contribution < -0.4 is 0 Å². The molecule has 0 spiro atoms. The molecule has 2 aromatic heterocycles. The fourth-order valence-corrected chi connectivity index (χ4v) is 1.14. The van der Waals surface area contributed by atoms with Gasteiger partial charge in [0.15, 0.2) is 0 Å². The highest BCUT2D eigenvalue weighted by Crippen LogP contribution is 2.17. The topological polar surface area (TPSA) is 43.9 Å². The van der Waals surface area contributed by atoms with Crippen molar-refractivity contribution in [1.82, 2.24) is 14.8 Å². The van der Waals surface area contributed by atoms with Crippen molar-refractivity contribution in [2.24, 2.45) is 7.05 Å². The van der Waals surface area contributed by atoms with Crippen LogP contribution in [-0.2, 0) is 13.5 Å². The molecule has 0 aliphatic rings. The number of hydrogen-bond donors (Lipinski definition) is 0.